The van der Waals surface area contributed by atoms with E-state index in [1.54, 1.807) is 12.1 Å². The lowest BCUT2D eigenvalue weighted by Gasteiger charge is -2.33. The molecule has 0 bridgehead atoms. The average molecular weight is 386 g/mol. The molecular weight excluding hydrogens is 365 g/mol. The number of nitrogens with zero attached hydrogens (tertiary/aromatic N) is 1. The van der Waals surface area contributed by atoms with Gasteiger partial charge in [0.05, 0.1) is 4.47 Å². The standard InChI is InChI=1S/C17H21BrFNO3/c1-11(8-13-2-3-15(19)14(18)9-13)17(23)20-6-4-12(5-7-20)10-16(21)22/h2-3,9,11-12H,4-8,10H2,1H3,(H,21,22). The van der Waals surface area contributed by atoms with Crippen LogP contribution in [0.25, 0.3) is 0 Å². The van der Waals surface area contributed by atoms with Crippen molar-refractivity contribution < 1.29 is 19.1 Å². The number of likely N-dealkylation sites (tertiary alicyclic amines) is 1. The second-order valence-corrected chi connectivity index (χ2v) is 7.07. The number of carbonyl (C=O) groups is 2. The van der Waals surface area contributed by atoms with Gasteiger partial charge in [0.2, 0.25) is 5.91 Å². The molecule has 1 saturated heterocycles. The number of amides is 1. The first-order valence-electron chi connectivity index (χ1n) is 7.81. The molecular formula is C17H21BrFNO3. The number of carboxylic acids is 1. The fraction of sp³-hybridized carbons (Fsp3) is 0.529. The van der Waals surface area contributed by atoms with Crippen LogP contribution in [0.2, 0.25) is 0 Å². The molecule has 1 amide bonds. The molecule has 126 valence electrons. The minimum Gasteiger partial charge on any atom is -0.481 e. The van der Waals surface area contributed by atoms with E-state index in [9.17, 15) is 14.0 Å². The maximum Gasteiger partial charge on any atom is 0.303 e. The molecule has 23 heavy (non-hydrogen) atoms. The summed E-state index contributed by atoms with van der Waals surface area (Å²) in [6.07, 6.45) is 2.23. The third-order valence-corrected chi connectivity index (χ3v) is 4.94. The van der Waals surface area contributed by atoms with E-state index in [0.717, 1.165) is 18.4 Å². The number of hydrogen-bond donors (Lipinski definition) is 1. The first-order valence-corrected chi connectivity index (χ1v) is 8.60. The summed E-state index contributed by atoms with van der Waals surface area (Å²) in [6, 6.07) is 4.80. The van der Waals surface area contributed by atoms with E-state index in [1.165, 1.54) is 6.07 Å². The van der Waals surface area contributed by atoms with Gasteiger partial charge in [0.1, 0.15) is 5.82 Å². The molecule has 0 spiro atoms. The molecule has 4 nitrogen and oxygen atoms in total. The lowest BCUT2D eigenvalue weighted by Crippen LogP contribution is -2.42. The minimum atomic E-state index is -0.773. The van der Waals surface area contributed by atoms with Gasteiger partial charge >= 0.3 is 5.97 Å². The van der Waals surface area contributed by atoms with Crippen LogP contribution >= 0.6 is 15.9 Å². The number of aliphatic carboxylic acids is 1. The molecule has 0 saturated carbocycles. The third kappa shape index (κ3) is 5.03. The Morgan fingerprint density at radius 3 is 2.61 bits per heavy atom. The van der Waals surface area contributed by atoms with E-state index in [0.29, 0.717) is 24.0 Å². The summed E-state index contributed by atoms with van der Waals surface area (Å²) >= 11 is 3.16. The molecule has 1 aliphatic heterocycles. The fourth-order valence-corrected chi connectivity index (χ4v) is 3.45. The van der Waals surface area contributed by atoms with Crippen molar-refractivity contribution in [3.05, 3.63) is 34.1 Å². The van der Waals surface area contributed by atoms with Gasteiger partial charge < -0.3 is 10.0 Å². The molecule has 1 atom stereocenters. The number of carbonyl (C=O) groups excluding carboxylic acids is 1. The summed E-state index contributed by atoms with van der Waals surface area (Å²) in [5, 5.41) is 8.82. The number of rotatable bonds is 5. The topological polar surface area (TPSA) is 57.6 Å². The Kier molecular flexibility index (Phi) is 6.16. The summed E-state index contributed by atoms with van der Waals surface area (Å²) in [4.78, 5) is 25.1. The predicted octanol–water partition coefficient (Wildman–Crippen LogP) is 3.48. The number of benzene rings is 1. The van der Waals surface area contributed by atoms with Crippen molar-refractivity contribution in [2.45, 2.75) is 32.6 Å². The van der Waals surface area contributed by atoms with Crippen LogP contribution in [0.4, 0.5) is 4.39 Å². The summed E-state index contributed by atoms with van der Waals surface area (Å²) < 4.78 is 13.7. The van der Waals surface area contributed by atoms with Crippen molar-refractivity contribution in [2.24, 2.45) is 11.8 Å². The second kappa shape index (κ2) is 7.90. The Morgan fingerprint density at radius 1 is 1.39 bits per heavy atom. The Balaban J connectivity index is 1.88. The molecule has 1 fully saturated rings. The van der Waals surface area contributed by atoms with Crippen molar-refractivity contribution in [3.63, 3.8) is 0 Å². The van der Waals surface area contributed by atoms with Gasteiger partial charge in [-0.05, 0) is 58.8 Å². The first-order chi connectivity index (χ1) is 10.9. The van der Waals surface area contributed by atoms with E-state index < -0.39 is 5.97 Å². The van der Waals surface area contributed by atoms with Crippen molar-refractivity contribution in [2.75, 3.05) is 13.1 Å². The second-order valence-electron chi connectivity index (χ2n) is 6.22. The molecule has 0 radical (unpaired) electrons. The number of piperidine rings is 1. The molecule has 0 aromatic heterocycles. The molecule has 1 aromatic rings. The molecule has 1 heterocycles. The van der Waals surface area contributed by atoms with Crippen LogP contribution in [0.1, 0.15) is 31.7 Å². The molecule has 6 heteroatoms. The van der Waals surface area contributed by atoms with E-state index in [2.05, 4.69) is 15.9 Å². The molecule has 0 aliphatic carbocycles. The monoisotopic (exact) mass is 385 g/mol. The maximum absolute atomic E-state index is 13.2. The van der Waals surface area contributed by atoms with Gasteiger partial charge in [-0.25, -0.2) is 4.39 Å². The summed E-state index contributed by atoms with van der Waals surface area (Å²) in [7, 11) is 0. The molecule has 1 aliphatic rings. The maximum atomic E-state index is 13.2. The van der Waals surface area contributed by atoms with Gasteiger partial charge in [-0.15, -0.1) is 0 Å². The lowest BCUT2D eigenvalue weighted by atomic mass is 9.92. The van der Waals surface area contributed by atoms with Crippen LogP contribution in [0.5, 0.6) is 0 Å². The summed E-state index contributed by atoms with van der Waals surface area (Å²) in [5.41, 5.74) is 0.917. The van der Waals surface area contributed by atoms with Crippen LogP contribution in [0, 0.1) is 17.7 Å². The molecule has 1 unspecified atom stereocenters. The number of hydrogen-bond acceptors (Lipinski definition) is 2. The van der Waals surface area contributed by atoms with E-state index in [1.807, 2.05) is 11.8 Å². The van der Waals surface area contributed by atoms with Crippen LogP contribution in [0.15, 0.2) is 22.7 Å². The largest absolute Gasteiger partial charge is 0.481 e. The highest BCUT2D eigenvalue weighted by atomic mass is 79.9. The van der Waals surface area contributed by atoms with E-state index >= 15 is 0 Å². The van der Waals surface area contributed by atoms with E-state index in [-0.39, 0.29) is 30.0 Å². The van der Waals surface area contributed by atoms with E-state index in [4.69, 9.17) is 5.11 Å². The third-order valence-electron chi connectivity index (χ3n) is 4.34. The smallest absolute Gasteiger partial charge is 0.303 e. The molecule has 1 N–H and O–H groups in total. The SMILES string of the molecule is CC(Cc1ccc(F)c(Br)c1)C(=O)N1CCC(CC(=O)O)CC1. The van der Waals surface area contributed by atoms with Crippen LogP contribution in [-0.4, -0.2) is 35.0 Å². The van der Waals surface area contributed by atoms with Gasteiger partial charge in [-0.2, -0.15) is 0 Å². The van der Waals surface area contributed by atoms with Crippen LogP contribution < -0.4 is 0 Å². The van der Waals surface area contributed by atoms with Crippen molar-refractivity contribution in [3.8, 4) is 0 Å². The van der Waals surface area contributed by atoms with Crippen LogP contribution in [0.3, 0.4) is 0 Å². The van der Waals surface area contributed by atoms with Gasteiger partial charge in [0.15, 0.2) is 0 Å². The Morgan fingerprint density at radius 2 is 2.04 bits per heavy atom. The Bertz CT molecular complexity index is 585. The molecule has 1 aromatic carbocycles. The number of carboxylic acid groups (broad SMARTS) is 1. The zero-order chi connectivity index (χ0) is 17.0. The predicted molar refractivity (Wildman–Crippen MR) is 88.5 cm³/mol. The highest BCUT2D eigenvalue weighted by Crippen LogP contribution is 2.23. The Labute approximate surface area is 143 Å². The zero-order valence-electron chi connectivity index (χ0n) is 13.1. The average Bonchev–Trinajstić information content (AvgIpc) is 2.50. The number of halogens is 2. The van der Waals surface area contributed by atoms with Gasteiger partial charge in [0.25, 0.3) is 0 Å². The quantitative estimate of drug-likeness (QED) is 0.843. The lowest BCUT2D eigenvalue weighted by molar-refractivity contribution is -0.139. The highest BCUT2D eigenvalue weighted by molar-refractivity contribution is 9.10. The first kappa shape index (κ1) is 17.9. The van der Waals surface area contributed by atoms with Crippen molar-refractivity contribution in [1.29, 1.82) is 0 Å². The van der Waals surface area contributed by atoms with Gasteiger partial charge in [-0.3, -0.25) is 9.59 Å². The highest BCUT2D eigenvalue weighted by Gasteiger charge is 2.27. The summed E-state index contributed by atoms with van der Waals surface area (Å²) in [5.74, 6) is -1.01. The minimum absolute atomic E-state index is 0.0826. The zero-order valence-corrected chi connectivity index (χ0v) is 14.7. The summed E-state index contributed by atoms with van der Waals surface area (Å²) in [6.45, 7) is 3.12. The van der Waals surface area contributed by atoms with Crippen LogP contribution in [-0.2, 0) is 16.0 Å². The fourth-order valence-electron chi connectivity index (χ4n) is 3.02. The van der Waals surface area contributed by atoms with Crippen molar-refractivity contribution >= 4 is 27.8 Å². The molecule has 2 rings (SSSR count). The van der Waals surface area contributed by atoms with Gasteiger partial charge in [-0.1, -0.05) is 13.0 Å². The van der Waals surface area contributed by atoms with Crippen molar-refractivity contribution in [1.82, 2.24) is 4.90 Å². The van der Waals surface area contributed by atoms with Gasteiger partial charge in [0, 0.05) is 25.4 Å². The normalized spacial score (nSPS) is 17.1. The Hall–Kier alpha value is -1.43.